The van der Waals surface area contributed by atoms with Crippen LogP contribution in [-0.2, 0) is 0 Å². The zero-order chi connectivity index (χ0) is 37.5. The average Bonchev–Trinajstić information content (AvgIpc) is 3.16. The fourth-order valence-corrected chi connectivity index (χ4v) is 6.10. The van der Waals surface area contributed by atoms with Crippen LogP contribution in [0.1, 0.15) is 117 Å². The van der Waals surface area contributed by atoms with Crippen LogP contribution in [-0.4, -0.2) is 137 Å². The summed E-state index contributed by atoms with van der Waals surface area (Å²) < 4.78 is 0. The normalized spacial score (nSPS) is 12.0. The van der Waals surface area contributed by atoms with Crippen molar-refractivity contribution >= 4 is 12.6 Å². The minimum Gasteiger partial charge on any atom is -0.317 e. The number of hydrogen-bond acceptors (Lipinski definition) is 11. The van der Waals surface area contributed by atoms with Crippen LogP contribution < -0.4 is 53.2 Å². The minimum atomic E-state index is 0.828. The molecule has 0 aromatic rings. The number of nitrogens with one attached hydrogen (secondary N) is 10. The van der Waals surface area contributed by atoms with Gasteiger partial charge in [0.2, 0.25) is 0 Å². The third-order valence-electron chi connectivity index (χ3n) is 9.25. The Morgan fingerprint density at radius 3 is 0.808 bits per heavy atom. The highest BCUT2D eigenvalue weighted by molar-refractivity contribution is 7.80. The van der Waals surface area contributed by atoms with Gasteiger partial charge in [0.15, 0.2) is 0 Å². The molecule has 0 bridgehead atoms. The van der Waals surface area contributed by atoms with Crippen LogP contribution in [0.5, 0.6) is 0 Å². The fourth-order valence-electron chi connectivity index (χ4n) is 5.86. The smallest absolute Gasteiger partial charge is 0.0173 e. The second kappa shape index (κ2) is 48.7. The van der Waals surface area contributed by atoms with Crippen molar-refractivity contribution in [1.82, 2.24) is 53.2 Å². The van der Waals surface area contributed by atoms with Crippen LogP contribution in [0.25, 0.3) is 0 Å². The number of thiol groups is 1. The first-order valence-corrected chi connectivity index (χ1v) is 22.8. The van der Waals surface area contributed by atoms with Crippen molar-refractivity contribution in [3.8, 4) is 0 Å². The maximum Gasteiger partial charge on any atom is 0.0173 e. The van der Waals surface area contributed by atoms with Crippen molar-refractivity contribution in [3.05, 3.63) is 11.6 Å². The van der Waals surface area contributed by atoms with Crippen molar-refractivity contribution in [2.45, 2.75) is 117 Å². The predicted octanol–water partition coefficient (Wildman–Crippen LogP) is 4.02. The lowest BCUT2D eigenvalue weighted by Gasteiger charge is -2.09. The monoisotopic (exact) mass is 757 g/mol. The second-order valence-electron chi connectivity index (χ2n) is 14.3. The molecule has 0 rings (SSSR count). The van der Waals surface area contributed by atoms with Crippen LogP contribution in [0.2, 0.25) is 0 Å². The van der Waals surface area contributed by atoms with E-state index in [0.29, 0.717) is 0 Å². The molecule has 11 heteroatoms. The molecule has 0 unspecified atom stereocenters. The maximum absolute atomic E-state index is 4.55. The van der Waals surface area contributed by atoms with Crippen LogP contribution in [0, 0.1) is 0 Å². The van der Waals surface area contributed by atoms with Crippen LogP contribution in [0.4, 0.5) is 0 Å². The zero-order valence-electron chi connectivity index (χ0n) is 34.7. The molecule has 0 heterocycles. The Bertz CT molecular complexity index is 673. The number of rotatable bonds is 47. The average molecular weight is 757 g/mol. The SMILES string of the molecule is CCNCCCCNCCCCNCCCCNCCCCNC/C=C(/CS)CNCCCCNCCCCNCCCCNCCCCNCC. The summed E-state index contributed by atoms with van der Waals surface area (Å²) in [4.78, 5) is 0. The molecule has 0 aromatic carbocycles. The molecule has 0 spiro atoms. The largest absolute Gasteiger partial charge is 0.317 e. The second-order valence-corrected chi connectivity index (χ2v) is 14.6. The van der Waals surface area contributed by atoms with Crippen molar-refractivity contribution in [2.75, 3.05) is 137 Å². The highest BCUT2D eigenvalue weighted by Gasteiger charge is 1.98. The summed E-state index contributed by atoms with van der Waals surface area (Å²) in [5.41, 5.74) is 1.39. The Morgan fingerprint density at radius 1 is 0.327 bits per heavy atom. The third-order valence-corrected chi connectivity index (χ3v) is 9.65. The van der Waals surface area contributed by atoms with Crippen molar-refractivity contribution in [1.29, 1.82) is 0 Å². The molecule has 10 N–H and O–H groups in total. The minimum absolute atomic E-state index is 0.828. The summed E-state index contributed by atoms with van der Waals surface area (Å²) in [6.45, 7) is 26.6. The Morgan fingerprint density at radius 2 is 0.558 bits per heavy atom. The first kappa shape index (κ1) is 51.7. The van der Waals surface area contributed by atoms with Gasteiger partial charge in [0.05, 0.1) is 0 Å². The molecule has 0 aliphatic carbocycles. The highest BCUT2D eigenvalue weighted by Crippen LogP contribution is 1.97. The molecule has 0 saturated heterocycles. The van der Waals surface area contributed by atoms with Crippen LogP contribution in [0.3, 0.4) is 0 Å². The lowest BCUT2D eigenvalue weighted by molar-refractivity contribution is 0.537. The highest BCUT2D eigenvalue weighted by atomic mass is 32.1. The molecule has 0 atom stereocenters. The van der Waals surface area contributed by atoms with E-state index in [1.165, 1.54) is 108 Å². The van der Waals surface area contributed by atoms with Crippen molar-refractivity contribution in [3.63, 3.8) is 0 Å². The van der Waals surface area contributed by atoms with E-state index in [1.54, 1.807) is 0 Å². The van der Waals surface area contributed by atoms with Gasteiger partial charge in [-0.2, -0.15) is 12.6 Å². The first-order chi connectivity index (χ1) is 25.8. The van der Waals surface area contributed by atoms with Crippen molar-refractivity contribution < 1.29 is 0 Å². The van der Waals surface area contributed by atoms with Gasteiger partial charge < -0.3 is 53.2 Å². The number of hydrogen-bond donors (Lipinski definition) is 11. The van der Waals surface area contributed by atoms with Gasteiger partial charge in [-0.3, -0.25) is 0 Å². The van der Waals surface area contributed by atoms with Crippen LogP contribution >= 0.6 is 12.6 Å². The predicted molar refractivity (Wildman–Crippen MR) is 236 cm³/mol. The van der Waals surface area contributed by atoms with E-state index in [9.17, 15) is 0 Å². The molecule has 0 fully saturated rings. The van der Waals surface area contributed by atoms with E-state index in [-0.39, 0.29) is 0 Å². The zero-order valence-corrected chi connectivity index (χ0v) is 35.6. The molecule has 0 aliphatic heterocycles. The Hall–Kier alpha value is -0.310. The van der Waals surface area contributed by atoms with Gasteiger partial charge in [0.25, 0.3) is 0 Å². The summed E-state index contributed by atoms with van der Waals surface area (Å²) in [5, 5.41) is 35.5. The van der Waals surface area contributed by atoms with Gasteiger partial charge in [-0.15, -0.1) is 0 Å². The number of unbranched alkanes of at least 4 members (excludes halogenated alkanes) is 8. The van der Waals surface area contributed by atoms with Gasteiger partial charge in [-0.05, 0) is 226 Å². The molecule has 0 aromatic heterocycles. The summed E-state index contributed by atoms with van der Waals surface area (Å²) in [5.74, 6) is 0.828. The first-order valence-electron chi connectivity index (χ1n) is 22.2. The van der Waals surface area contributed by atoms with Gasteiger partial charge >= 0.3 is 0 Å². The molecule has 312 valence electrons. The van der Waals surface area contributed by atoms with Gasteiger partial charge in [-0.1, -0.05) is 19.9 Å². The van der Waals surface area contributed by atoms with E-state index >= 15 is 0 Å². The Balaban J connectivity index is 3.28. The summed E-state index contributed by atoms with van der Waals surface area (Å²) in [6, 6.07) is 0. The van der Waals surface area contributed by atoms with Gasteiger partial charge in [0, 0.05) is 18.8 Å². The quantitative estimate of drug-likeness (QED) is 0.0253. The Kier molecular flexibility index (Phi) is 48.4. The lowest BCUT2D eigenvalue weighted by atomic mass is 10.2. The molecule has 0 radical (unpaired) electrons. The van der Waals surface area contributed by atoms with E-state index < -0.39 is 0 Å². The summed E-state index contributed by atoms with van der Waals surface area (Å²) in [7, 11) is 0. The van der Waals surface area contributed by atoms with E-state index in [0.717, 1.165) is 137 Å². The lowest BCUT2D eigenvalue weighted by Crippen LogP contribution is -2.24. The maximum atomic E-state index is 4.55. The third kappa shape index (κ3) is 45.8. The molecular formula is C41H92N10S. The molecular weight excluding hydrogens is 665 g/mol. The van der Waals surface area contributed by atoms with Gasteiger partial charge in [-0.25, -0.2) is 0 Å². The molecule has 0 aliphatic rings. The molecule has 10 nitrogen and oxygen atoms in total. The molecule has 52 heavy (non-hydrogen) atoms. The van der Waals surface area contributed by atoms with Gasteiger partial charge in [0.1, 0.15) is 0 Å². The van der Waals surface area contributed by atoms with E-state index in [4.69, 9.17) is 0 Å². The topological polar surface area (TPSA) is 120 Å². The van der Waals surface area contributed by atoms with E-state index in [2.05, 4.69) is 85.7 Å². The summed E-state index contributed by atoms with van der Waals surface area (Å²) in [6.07, 6.45) is 22.5. The van der Waals surface area contributed by atoms with Crippen molar-refractivity contribution in [2.24, 2.45) is 0 Å². The standard InChI is InChI=1S/C41H92N10S/c1-3-42-22-5-7-24-44-26-9-11-28-46-30-13-14-32-48-34-17-18-36-50-38-21-41(40-52)39-51-37-20-19-35-49-33-16-15-31-47-29-12-10-27-45-25-8-6-23-43-4-2/h21,42-52H,3-20,22-40H2,1-2H3/b41-21+. The fraction of sp³-hybridized carbons (Fsp3) is 0.951. The Labute approximate surface area is 329 Å². The molecule has 0 amide bonds. The summed E-state index contributed by atoms with van der Waals surface area (Å²) >= 11 is 4.55. The molecule has 0 saturated carbocycles. The van der Waals surface area contributed by atoms with Crippen LogP contribution in [0.15, 0.2) is 11.6 Å². The van der Waals surface area contributed by atoms with E-state index in [1.807, 2.05) is 0 Å².